The third kappa shape index (κ3) is 3.83. The number of nitrogens with zero attached hydrogens (tertiary/aromatic N) is 2. The van der Waals surface area contributed by atoms with E-state index in [9.17, 15) is 4.79 Å². The molecule has 120 valence electrons. The minimum Gasteiger partial charge on any atom is -0.462 e. The molecule has 0 aliphatic carbocycles. The molecular weight excluding hydrogens is 328 g/mol. The van der Waals surface area contributed by atoms with Crippen LogP contribution in [0.2, 0.25) is 0 Å². The SMILES string of the molecule is C=Cc1ccc(C=Nc2sc(N=C)c(C(=O)OCC)c2CC)s1. The molecule has 23 heavy (non-hydrogen) atoms. The first kappa shape index (κ1) is 17.3. The fraction of sp³-hybridized carbons (Fsp3) is 0.235. The van der Waals surface area contributed by atoms with E-state index in [2.05, 4.69) is 23.3 Å². The molecule has 0 saturated carbocycles. The van der Waals surface area contributed by atoms with Gasteiger partial charge in [0, 0.05) is 21.5 Å². The fourth-order valence-corrected chi connectivity index (χ4v) is 3.83. The van der Waals surface area contributed by atoms with E-state index in [-0.39, 0.29) is 5.97 Å². The lowest BCUT2D eigenvalue weighted by Crippen LogP contribution is -2.06. The third-order valence-corrected chi connectivity index (χ3v) is 5.19. The maximum absolute atomic E-state index is 12.2. The van der Waals surface area contributed by atoms with Crippen LogP contribution in [-0.2, 0) is 11.2 Å². The molecule has 0 unspecified atom stereocenters. The Morgan fingerprint density at radius 3 is 2.57 bits per heavy atom. The molecule has 0 N–H and O–H groups in total. The standard InChI is InChI=1S/C17H18N2O2S2/c1-5-11-8-9-12(22-11)10-19-15-13(6-2)14(16(18-4)23-15)17(20)21-7-3/h5,8-10H,1,4,6-7H2,2-3H3. The van der Waals surface area contributed by atoms with E-state index < -0.39 is 0 Å². The summed E-state index contributed by atoms with van der Waals surface area (Å²) in [7, 11) is 0. The number of ether oxygens (including phenoxy) is 1. The Balaban J connectivity index is 2.40. The van der Waals surface area contributed by atoms with Crippen LogP contribution in [0.3, 0.4) is 0 Å². The van der Waals surface area contributed by atoms with Crippen molar-refractivity contribution in [3.05, 3.63) is 39.6 Å². The Labute approximate surface area is 143 Å². The molecule has 2 rings (SSSR count). The number of aliphatic imine (C=N–C) groups is 2. The van der Waals surface area contributed by atoms with Crippen molar-refractivity contribution in [1.29, 1.82) is 0 Å². The maximum Gasteiger partial charge on any atom is 0.341 e. The molecule has 0 spiro atoms. The molecule has 0 aliphatic rings. The molecule has 0 radical (unpaired) electrons. The van der Waals surface area contributed by atoms with Gasteiger partial charge in [0.15, 0.2) is 0 Å². The molecular formula is C17H18N2O2S2. The van der Waals surface area contributed by atoms with Gasteiger partial charge in [0.1, 0.15) is 15.6 Å². The van der Waals surface area contributed by atoms with E-state index in [0.717, 1.165) is 20.3 Å². The van der Waals surface area contributed by atoms with Gasteiger partial charge in [-0.25, -0.2) is 9.79 Å². The summed E-state index contributed by atoms with van der Waals surface area (Å²) in [5.41, 5.74) is 1.34. The number of rotatable bonds is 7. The Kier molecular flexibility index (Phi) is 6.01. The van der Waals surface area contributed by atoms with Gasteiger partial charge in [0.05, 0.1) is 6.61 Å². The zero-order chi connectivity index (χ0) is 16.8. The highest BCUT2D eigenvalue weighted by atomic mass is 32.1. The average Bonchev–Trinajstić information content (AvgIpc) is 3.16. The molecule has 0 bridgehead atoms. The molecule has 0 atom stereocenters. The van der Waals surface area contributed by atoms with Crippen molar-refractivity contribution in [2.75, 3.05) is 6.61 Å². The summed E-state index contributed by atoms with van der Waals surface area (Å²) >= 11 is 2.96. The summed E-state index contributed by atoms with van der Waals surface area (Å²) < 4.78 is 5.13. The normalized spacial score (nSPS) is 10.9. The zero-order valence-corrected chi connectivity index (χ0v) is 14.8. The van der Waals surface area contributed by atoms with E-state index in [1.165, 1.54) is 11.3 Å². The van der Waals surface area contributed by atoms with Crippen LogP contribution in [0, 0.1) is 0 Å². The molecule has 2 aromatic rings. The summed E-state index contributed by atoms with van der Waals surface area (Å²) in [5, 5.41) is 1.33. The summed E-state index contributed by atoms with van der Waals surface area (Å²) in [4.78, 5) is 22.8. The average molecular weight is 346 g/mol. The number of carbonyl (C=O) groups is 1. The minimum absolute atomic E-state index is 0.326. The Morgan fingerprint density at radius 1 is 1.26 bits per heavy atom. The molecule has 6 heteroatoms. The van der Waals surface area contributed by atoms with Gasteiger partial charge in [-0.05, 0) is 32.2 Å². The quantitative estimate of drug-likeness (QED) is 0.506. The van der Waals surface area contributed by atoms with Gasteiger partial charge in [-0.1, -0.05) is 30.9 Å². The highest BCUT2D eigenvalue weighted by Crippen LogP contribution is 2.42. The largest absolute Gasteiger partial charge is 0.462 e. The highest BCUT2D eigenvalue weighted by Gasteiger charge is 2.23. The minimum atomic E-state index is -0.366. The fourth-order valence-electron chi connectivity index (χ4n) is 2.07. The van der Waals surface area contributed by atoms with Crippen LogP contribution < -0.4 is 0 Å². The van der Waals surface area contributed by atoms with Gasteiger partial charge in [-0.3, -0.25) is 4.99 Å². The predicted molar refractivity (Wildman–Crippen MR) is 101 cm³/mol. The maximum atomic E-state index is 12.2. The smallest absolute Gasteiger partial charge is 0.341 e. The molecule has 0 aliphatic heterocycles. The van der Waals surface area contributed by atoms with Crippen LogP contribution in [0.1, 0.15) is 39.5 Å². The van der Waals surface area contributed by atoms with Crippen LogP contribution in [0.5, 0.6) is 0 Å². The number of carbonyl (C=O) groups excluding carboxylic acids is 1. The second-order valence-corrected chi connectivity index (χ2v) is 6.62. The molecule has 0 fully saturated rings. The molecule has 0 aromatic carbocycles. The Hall–Kier alpha value is -2.05. The topological polar surface area (TPSA) is 51.0 Å². The lowest BCUT2D eigenvalue weighted by Gasteiger charge is -2.03. The van der Waals surface area contributed by atoms with E-state index in [1.54, 1.807) is 24.5 Å². The Bertz CT molecular complexity index is 757. The van der Waals surface area contributed by atoms with E-state index in [0.29, 0.717) is 23.6 Å². The van der Waals surface area contributed by atoms with Crippen molar-refractivity contribution in [2.45, 2.75) is 20.3 Å². The first-order valence-electron chi connectivity index (χ1n) is 7.20. The molecule has 0 saturated heterocycles. The van der Waals surface area contributed by atoms with Crippen molar-refractivity contribution < 1.29 is 9.53 Å². The van der Waals surface area contributed by atoms with Gasteiger partial charge in [0.2, 0.25) is 0 Å². The van der Waals surface area contributed by atoms with Crippen molar-refractivity contribution >= 4 is 57.7 Å². The van der Waals surface area contributed by atoms with E-state index in [4.69, 9.17) is 4.74 Å². The van der Waals surface area contributed by atoms with Crippen molar-refractivity contribution in [1.82, 2.24) is 0 Å². The van der Waals surface area contributed by atoms with Crippen LogP contribution in [0.25, 0.3) is 6.08 Å². The number of esters is 1. The van der Waals surface area contributed by atoms with Crippen LogP contribution >= 0.6 is 22.7 Å². The van der Waals surface area contributed by atoms with Gasteiger partial charge >= 0.3 is 5.97 Å². The van der Waals surface area contributed by atoms with E-state index in [1.807, 2.05) is 25.1 Å². The summed E-state index contributed by atoms with van der Waals surface area (Å²) in [6.07, 6.45) is 4.28. The lowest BCUT2D eigenvalue weighted by molar-refractivity contribution is 0.0527. The van der Waals surface area contributed by atoms with Crippen LogP contribution in [0.15, 0.2) is 28.7 Å². The molecule has 2 aromatic heterocycles. The third-order valence-electron chi connectivity index (χ3n) is 3.10. The van der Waals surface area contributed by atoms with Gasteiger partial charge in [0.25, 0.3) is 0 Å². The predicted octanol–water partition coefficient (Wildman–Crippen LogP) is 5.27. The lowest BCUT2D eigenvalue weighted by atomic mass is 10.1. The van der Waals surface area contributed by atoms with Gasteiger partial charge in [-0.2, -0.15) is 0 Å². The van der Waals surface area contributed by atoms with Crippen LogP contribution in [0.4, 0.5) is 10.0 Å². The van der Waals surface area contributed by atoms with E-state index >= 15 is 0 Å². The van der Waals surface area contributed by atoms with Crippen molar-refractivity contribution in [3.63, 3.8) is 0 Å². The number of hydrogen-bond acceptors (Lipinski definition) is 6. The molecule has 4 nitrogen and oxygen atoms in total. The van der Waals surface area contributed by atoms with Crippen molar-refractivity contribution in [2.24, 2.45) is 9.98 Å². The van der Waals surface area contributed by atoms with Crippen LogP contribution in [-0.4, -0.2) is 25.5 Å². The monoisotopic (exact) mass is 346 g/mol. The molecule has 2 heterocycles. The second-order valence-electron chi connectivity index (χ2n) is 4.50. The second kappa shape index (κ2) is 7.99. The summed E-state index contributed by atoms with van der Waals surface area (Å²) in [6, 6.07) is 3.98. The highest BCUT2D eigenvalue weighted by molar-refractivity contribution is 7.20. The summed E-state index contributed by atoms with van der Waals surface area (Å²) in [6.45, 7) is 11.4. The van der Waals surface area contributed by atoms with Crippen molar-refractivity contribution in [3.8, 4) is 0 Å². The molecule has 0 amide bonds. The number of hydrogen-bond donors (Lipinski definition) is 0. The summed E-state index contributed by atoms with van der Waals surface area (Å²) in [5.74, 6) is -0.366. The Morgan fingerprint density at radius 2 is 2.00 bits per heavy atom. The van der Waals surface area contributed by atoms with Gasteiger partial charge < -0.3 is 4.74 Å². The number of thiophene rings is 2. The first-order valence-corrected chi connectivity index (χ1v) is 8.83. The first-order chi connectivity index (χ1) is 11.1. The van der Waals surface area contributed by atoms with Gasteiger partial charge in [-0.15, -0.1) is 11.3 Å². The zero-order valence-electron chi connectivity index (χ0n) is 13.2.